The van der Waals surface area contributed by atoms with Crippen molar-refractivity contribution in [2.24, 2.45) is 0 Å². The van der Waals surface area contributed by atoms with E-state index >= 15 is 0 Å². The van der Waals surface area contributed by atoms with Crippen molar-refractivity contribution in [3.8, 4) is 0 Å². The molecule has 0 amide bonds. The van der Waals surface area contributed by atoms with Gasteiger partial charge in [0.05, 0.1) is 23.3 Å². The third kappa shape index (κ3) is 6.63. The Kier molecular flexibility index (Phi) is 6.78. The van der Waals surface area contributed by atoms with Crippen LogP contribution in [0.1, 0.15) is 47.0 Å². The maximum atomic E-state index is 5.92. The molecule has 0 radical (unpaired) electrons. The fraction of sp³-hybridized carbons (Fsp3) is 1.00. The molecule has 6 heteroatoms. The van der Waals surface area contributed by atoms with E-state index in [1.54, 1.807) is 0 Å². The van der Waals surface area contributed by atoms with Gasteiger partial charge in [0.15, 0.2) is 12.1 Å². The van der Waals surface area contributed by atoms with Gasteiger partial charge in [-0.1, -0.05) is 11.7 Å². The predicted octanol–water partition coefficient (Wildman–Crippen LogP) is 3.57. The van der Waals surface area contributed by atoms with Crippen LogP contribution in [-0.4, -0.2) is 30.9 Å². The van der Waals surface area contributed by atoms with Gasteiger partial charge in [0.25, 0.3) is 0 Å². The summed E-state index contributed by atoms with van der Waals surface area (Å²) < 4.78 is 22.5. The molecule has 0 bridgehead atoms. The van der Waals surface area contributed by atoms with Gasteiger partial charge in [0.2, 0.25) is 0 Å². The van der Waals surface area contributed by atoms with Crippen LogP contribution in [0.2, 0.25) is 0 Å². The van der Waals surface area contributed by atoms with Crippen LogP contribution < -0.4 is 0 Å². The first-order chi connectivity index (χ1) is 8.35. The van der Waals surface area contributed by atoms with E-state index in [9.17, 15) is 0 Å². The lowest BCUT2D eigenvalue weighted by atomic mass is 10.1. The van der Waals surface area contributed by atoms with E-state index < -0.39 is 11.4 Å². The maximum absolute atomic E-state index is 5.92. The Labute approximate surface area is 119 Å². The van der Waals surface area contributed by atoms with E-state index in [0.717, 1.165) is 36.9 Å². The minimum absolute atomic E-state index is 0.111. The van der Waals surface area contributed by atoms with E-state index in [-0.39, 0.29) is 6.29 Å². The van der Waals surface area contributed by atoms with Crippen molar-refractivity contribution in [3.05, 3.63) is 0 Å². The molecule has 18 heavy (non-hydrogen) atoms. The SMILES string of the molecule is CC(C)(COC(C)(C)OSS)OC1CCCCO1. The van der Waals surface area contributed by atoms with Crippen molar-refractivity contribution in [1.82, 2.24) is 0 Å². The fourth-order valence-electron chi connectivity index (χ4n) is 1.66. The Morgan fingerprint density at radius 1 is 1.28 bits per heavy atom. The summed E-state index contributed by atoms with van der Waals surface area (Å²) in [6, 6.07) is 0. The van der Waals surface area contributed by atoms with Crippen LogP contribution in [0.25, 0.3) is 0 Å². The third-order valence-corrected chi connectivity index (χ3v) is 3.29. The molecule has 0 saturated carbocycles. The highest BCUT2D eigenvalue weighted by atomic mass is 33.1. The number of ether oxygens (including phenoxy) is 3. The molecule has 0 aromatic rings. The van der Waals surface area contributed by atoms with Gasteiger partial charge in [-0.15, -0.1) is 0 Å². The Bertz CT molecular complexity index is 240. The van der Waals surface area contributed by atoms with Crippen molar-refractivity contribution in [1.29, 1.82) is 0 Å². The van der Waals surface area contributed by atoms with Crippen LogP contribution in [-0.2, 0) is 18.4 Å². The van der Waals surface area contributed by atoms with Gasteiger partial charge in [-0.3, -0.25) is 4.18 Å². The van der Waals surface area contributed by atoms with Crippen molar-refractivity contribution in [2.45, 2.75) is 64.6 Å². The lowest BCUT2D eigenvalue weighted by Crippen LogP contribution is -2.41. The van der Waals surface area contributed by atoms with E-state index in [1.165, 1.54) is 0 Å². The zero-order chi connectivity index (χ0) is 13.6. The maximum Gasteiger partial charge on any atom is 0.176 e. The molecule has 0 aliphatic carbocycles. The molecule has 1 atom stereocenters. The third-order valence-electron chi connectivity index (χ3n) is 2.59. The van der Waals surface area contributed by atoms with Gasteiger partial charge in [-0.25, -0.2) is 0 Å². The van der Waals surface area contributed by atoms with Crippen molar-refractivity contribution < 1.29 is 18.4 Å². The topological polar surface area (TPSA) is 36.9 Å². The zero-order valence-corrected chi connectivity index (χ0v) is 13.3. The van der Waals surface area contributed by atoms with E-state index in [2.05, 4.69) is 11.7 Å². The molecule has 1 unspecified atom stereocenters. The summed E-state index contributed by atoms with van der Waals surface area (Å²) in [6.45, 7) is 8.91. The normalized spacial score (nSPS) is 22.2. The molecular weight excluding hydrogens is 272 g/mol. The number of rotatable bonds is 7. The Hall–Kier alpha value is 0.540. The molecule has 0 spiro atoms. The van der Waals surface area contributed by atoms with Crippen LogP contribution >= 0.6 is 22.7 Å². The number of hydrogen-bond acceptors (Lipinski definition) is 6. The Morgan fingerprint density at radius 3 is 2.56 bits per heavy atom. The van der Waals surface area contributed by atoms with Crippen LogP contribution in [0.15, 0.2) is 0 Å². The lowest BCUT2D eigenvalue weighted by Gasteiger charge is -2.34. The minimum Gasteiger partial charge on any atom is -0.353 e. The average Bonchev–Trinajstić information content (AvgIpc) is 2.28. The second-order valence-electron chi connectivity index (χ2n) is 5.52. The summed E-state index contributed by atoms with van der Waals surface area (Å²) in [7, 11) is 0. The van der Waals surface area contributed by atoms with Gasteiger partial charge in [-0.2, -0.15) is 0 Å². The molecule has 4 nitrogen and oxygen atoms in total. The van der Waals surface area contributed by atoms with Gasteiger partial charge in [0.1, 0.15) is 0 Å². The molecule has 1 rings (SSSR count). The van der Waals surface area contributed by atoms with Gasteiger partial charge in [-0.05, 0) is 47.0 Å². The van der Waals surface area contributed by atoms with Crippen LogP contribution in [0.5, 0.6) is 0 Å². The summed E-state index contributed by atoms with van der Waals surface area (Å²) >= 11 is 4.95. The molecule has 1 aliphatic heterocycles. The summed E-state index contributed by atoms with van der Waals surface area (Å²) in [6.07, 6.45) is 3.12. The van der Waals surface area contributed by atoms with Gasteiger partial charge >= 0.3 is 0 Å². The highest BCUT2D eigenvalue weighted by molar-refractivity contribution is 8.66. The van der Waals surface area contributed by atoms with E-state index in [4.69, 9.17) is 18.4 Å². The number of hydrogen-bond donors (Lipinski definition) is 1. The monoisotopic (exact) mass is 296 g/mol. The fourth-order valence-corrected chi connectivity index (χ4v) is 2.42. The van der Waals surface area contributed by atoms with Crippen molar-refractivity contribution >= 4 is 22.7 Å². The second-order valence-corrected chi connectivity index (χ2v) is 6.28. The molecular formula is C12H24O4S2. The summed E-state index contributed by atoms with van der Waals surface area (Å²) in [5.74, 6) is -0.680. The first kappa shape index (κ1) is 16.6. The van der Waals surface area contributed by atoms with E-state index in [1.807, 2.05) is 27.7 Å². The molecule has 0 aromatic heterocycles. The largest absolute Gasteiger partial charge is 0.353 e. The molecule has 108 valence electrons. The zero-order valence-electron chi connectivity index (χ0n) is 11.6. The standard InChI is InChI=1S/C12H24O4S2/c1-11(2,9-14-12(3,4)16-18-17)15-10-7-5-6-8-13-10/h10,17H,5-9H2,1-4H3. The first-order valence-corrected chi connectivity index (χ1v) is 8.07. The molecule has 1 heterocycles. The van der Waals surface area contributed by atoms with Gasteiger partial charge < -0.3 is 14.2 Å². The van der Waals surface area contributed by atoms with Crippen molar-refractivity contribution in [2.75, 3.05) is 13.2 Å². The smallest absolute Gasteiger partial charge is 0.176 e. The van der Waals surface area contributed by atoms with Crippen LogP contribution in [0, 0.1) is 0 Å². The number of thiol groups is 1. The average molecular weight is 296 g/mol. The highest BCUT2D eigenvalue weighted by Crippen LogP contribution is 2.25. The molecule has 1 fully saturated rings. The van der Waals surface area contributed by atoms with Crippen molar-refractivity contribution in [3.63, 3.8) is 0 Å². The van der Waals surface area contributed by atoms with Crippen LogP contribution in [0.3, 0.4) is 0 Å². The Balaban J connectivity index is 2.33. The quantitative estimate of drug-likeness (QED) is 0.336. The molecule has 0 N–H and O–H groups in total. The summed E-state index contributed by atoms with van der Waals surface area (Å²) in [5, 5.41) is 0. The minimum atomic E-state index is -0.680. The molecule has 1 aliphatic rings. The van der Waals surface area contributed by atoms with Gasteiger partial charge in [0, 0.05) is 6.61 Å². The predicted molar refractivity (Wildman–Crippen MR) is 76.4 cm³/mol. The molecule has 0 aromatic carbocycles. The van der Waals surface area contributed by atoms with Crippen LogP contribution in [0.4, 0.5) is 0 Å². The Morgan fingerprint density at radius 2 is 2.00 bits per heavy atom. The first-order valence-electron chi connectivity index (χ1n) is 6.27. The van der Waals surface area contributed by atoms with E-state index in [0.29, 0.717) is 6.61 Å². The second kappa shape index (κ2) is 7.36. The highest BCUT2D eigenvalue weighted by Gasteiger charge is 2.29. The summed E-state index contributed by atoms with van der Waals surface area (Å²) in [4.78, 5) is 0. The lowest BCUT2D eigenvalue weighted by molar-refractivity contribution is -0.250. The molecule has 1 saturated heterocycles. The summed E-state index contributed by atoms with van der Waals surface area (Å²) in [5.41, 5.74) is -0.399.